The first-order valence-corrected chi connectivity index (χ1v) is 12.3. The molecule has 4 aromatic carbocycles. The molecule has 0 saturated heterocycles. The molecule has 164 valence electrons. The molecule has 0 spiro atoms. The SMILES string of the molecule is O=C1Oc2ccccc2N(Cc2ccccc2)C1OP(=O)(c1ccccc1)c1ccccc1. The summed E-state index contributed by atoms with van der Waals surface area (Å²) < 4.78 is 26.4. The van der Waals surface area contributed by atoms with Crippen LogP contribution in [0.3, 0.4) is 0 Å². The second-order valence-electron chi connectivity index (χ2n) is 7.68. The van der Waals surface area contributed by atoms with Crippen LogP contribution in [-0.2, 0) is 20.4 Å². The largest absolute Gasteiger partial charge is 0.421 e. The van der Waals surface area contributed by atoms with Crippen molar-refractivity contribution in [2.24, 2.45) is 0 Å². The Balaban J connectivity index is 1.60. The van der Waals surface area contributed by atoms with Crippen LogP contribution in [0.15, 0.2) is 115 Å². The zero-order chi connectivity index (χ0) is 22.7. The summed E-state index contributed by atoms with van der Waals surface area (Å²) in [6, 6.07) is 35.1. The van der Waals surface area contributed by atoms with E-state index >= 15 is 0 Å². The number of ether oxygens (including phenoxy) is 1. The number of para-hydroxylation sites is 2. The Labute approximate surface area is 192 Å². The summed E-state index contributed by atoms with van der Waals surface area (Å²) in [4.78, 5) is 15.0. The standard InChI is InChI=1S/C27H22NO4P/c29-27-26(32-33(30,22-14-6-2-7-15-22)23-16-8-3-9-17-23)28(20-21-12-4-1-5-13-21)24-18-10-11-19-25(24)31-27/h1-19,26H,20H2. The molecule has 0 fully saturated rings. The summed E-state index contributed by atoms with van der Waals surface area (Å²) in [6.07, 6.45) is -1.19. The van der Waals surface area contributed by atoms with Gasteiger partial charge in [-0.05, 0) is 42.0 Å². The molecule has 0 amide bonds. The minimum absolute atomic E-state index is 0.390. The van der Waals surface area contributed by atoms with Crippen LogP contribution < -0.4 is 20.2 Å². The number of hydrogen-bond donors (Lipinski definition) is 0. The molecule has 1 heterocycles. The Hall–Kier alpha value is -3.66. The highest BCUT2D eigenvalue weighted by molar-refractivity contribution is 7.74. The van der Waals surface area contributed by atoms with Gasteiger partial charge in [0.25, 0.3) is 7.37 Å². The lowest BCUT2D eigenvalue weighted by atomic mass is 10.1. The van der Waals surface area contributed by atoms with Crippen LogP contribution in [0.25, 0.3) is 0 Å². The van der Waals surface area contributed by atoms with Gasteiger partial charge in [0.15, 0.2) is 5.75 Å². The number of carbonyl (C=O) groups is 1. The molecule has 33 heavy (non-hydrogen) atoms. The Morgan fingerprint density at radius 1 is 0.727 bits per heavy atom. The van der Waals surface area contributed by atoms with Crippen LogP contribution in [0, 0.1) is 0 Å². The monoisotopic (exact) mass is 455 g/mol. The van der Waals surface area contributed by atoms with E-state index in [2.05, 4.69) is 0 Å². The Morgan fingerprint density at radius 3 is 1.85 bits per heavy atom. The van der Waals surface area contributed by atoms with E-state index in [0.717, 1.165) is 5.56 Å². The van der Waals surface area contributed by atoms with Gasteiger partial charge in [0.2, 0.25) is 6.23 Å². The van der Waals surface area contributed by atoms with Crippen molar-refractivity contribution in [3.05, 3.63) is 121 Å². The van der Waals surface area contributed by atoms with Crippen molar-refractivity contribution in [2.45, 2.75) is 12.8 Å². The van der Waals surface area contributed by atoms with Crippen molar-refractivity contribution in [3.63, 3.8) is 0 Å². The second-order valence-corrected chi connectivity index (χ2v) is 10.0. The van der Waals surface area contributed by atoms with E-state index in [1.165, 1.54) is 0 Å². The van der Waals surface area contributed by atoms with Crippen molar-refractivity contribution in [2.75, 3.05) is 4.90 Å². The predicted octanol–water partition coefficient (Wildman–Crippen LogP) is 4.88. The number of benzene rings is 4. The average molecular weight is 455 g/mol. The topological polar surface area (TPSA) is 55.8 Å². The first kappa shape index (κ1) is 21.2. The lowest BCUT2D eigenvalue weighted by Gasteiger charge is -2.38. The molecule has 0 aromatic heterocycles. The minimum Gasteiger partial charge on any atom is -0.421 e. The summed E-state index contributed by atoms with van der Waals surface area (Å²) in [5, 5.41) is 1.03. The maximum Gasteiger partial charge on any atom is 0.362 e. The minimum atomic E-state index is -3.63. The molecule has 5 rings (SSSR count). The number of carbonyl (C=O) groups excluding carboxylic acids is 1. The number of nitrogens with zero attached hydrogens (tertiary/aromatic N) is 1. The number of anilines is 1. The quantitative estimate of drug-likeness (QED) is 0.236. The summed E-state index contributed by atoms with van der Waals surface area (Å²) in [6.45, 7) is 0.390. The molecule has 0 aliphatic carbocycles. The van der Waals surface area contributed by atoms with Gasteiger partial charge in [-0.15, -0.1) is 0 Å². The second kappa shape index (κ2) is 9.07. The zero-order valence-corrected chi connectivity index (χ0v) is 18.7. The van der Waals surface area contributed by atoms with Gasteiger partial charge in [-0.2, -0.15) is 0 Å². The smallest absolute Gasteiger partial charge is 0.362 e. The van der Waals surface area contributed by atoms with Gasteiger partial charge in [-0.25, -0.2) is 4.79 Å². The van der Waals surface area contributed by atoms with Crippen LogP contribution in [0.4, 0.5) is 5.69 Å². The van der Waals surface area contributed by atoms with E-state index in [-0.39, 0.29) is 0 Å². The van der Waals surface area contributed by atoms with Crippen molar-refractivity contribution in [3.8, 4) is 5.75 Å². The predicted molar refractivity (Wildman–Crippen MR) is 129 cm³/mol. The molecule has 0 bridgehead atoms. The van der Waals surface area contributed by atoms with Crippen molar-refractivity contribution < 1.29 is 18.6 Å². The fourth-order valence-electron chi connectivity index (χ4n) is 3.90. The average Bonchev–Trinajstić information content (AvgIpc) is 2.87. The highest BCUT2D eigenvalue weighted by Gasteiger charge is 2.42. The van der Waals surface area contributed by atoms with Gasteiger partial charge < -0.3 is 9.64 Å². The molecule has 6 heteroatoms. The molecule has 0 N–H and O–H groups in total. The summed E-state index contributed by atoms with van der Waals surface area (Å²) in [5.74, 6) is -0.149. The van der Waals surface area contributed by atoms with Crippen LogP contribution >= 0.6 is 7.37 Å². The Kier molecular flexibility index (Phi) is 5.82. The summed E-state index contributed by atoms with van der Waals surface area (Å²) in [5.41, 5.74) is 1.70. The lowest BCUT2D eigenvalue weighted by molar-refractivity contribution is -0.143. The van der Waals surface area contributed by atoms with Crippen LogP contribution in [0.5, 0.6) is 5.75 Å². The first-order chi connectivity index (χ1) is 16.1. The van der Waals surface area contributed by atoms with Gasteiger partial charge in [0, 0.05) is 17.2 Å². The molecule has 5 nitrogen and oxygen atoms in total. The molecular formula is C27H22NO4P. The van der Waals surface area contributed by atoms with Gasteiger partial charge in [0.05, 0.1) is 5.69 Å². The van der Waals surface area contributed by atoms with E-state index in [1.807, 2.05) is 89.8 Å². The highest BCUT2D eigenvalue weighted by Crippen LogP contribution is 2.48. The van der Waals surface area contributed by atoms with Crippen molar-refractivity contribution in [1.82, 2.24) is 0 Å². The third kappa shape index (κ3) is 4.21. The van der Waals surface area contributed by atoms with Gasteiger partial charge in [0.1, 0.15) is 0 Å². The maximum atomic E-state index is 14.5. The van der Waals surface area contributed by atoms with E-state index in [0.29, 0.717) is 28.6 Å². The zero-order valence-electron chi connectivity index (χ0n) is 17.8. The summed E-state index contributed by atoms with van der Waals surface area (Å²) in [7, 11) is -3.63. The molecule has 0 radical (unpaired) electrons. The lowest BCUT2D eigenvalue weighted by Crippen LogP contribution is -2.48. The molecule has 1 aliphatic heterocycles. The molecule has 1 unspecified atom stereocenters. The number of hydrogen-bond acceptors (Lipinski definition) is 5. The highest BCUT2D eigenvalue weighted by atomic mass is 31.2. The van der Waals surface area contributed by atoms with Gasteiger partial charge >= 0.3 is 5.97 Å². The Morgan fingerprint density at radius 2 is 1.24 bits per heavy atom. The number of rotatable bonds is 6. The maximum absolute atomic E-state index is 14.5. The Bertz CT molecular complexity index is 1250. The third-order valence-electron chi connectivity index (χ3n) is 5.51. The first-order valence-electron chi connectivity index (χ1n) is 10.7. The van der Waals surface area contributed by atoms with Gasteiger partial charge in [-0.3, -0.25) is 9.09 Å². The molecule has 1 atom stereocenters. The molecule has 4 aromatic rings. The number of esters is 1. The molecule has 1 aliphatic rings. The van der Waals surface area contributed by atoms with Crippen LogP contribution in [0.2, 0.25) is 0 Å². The third-order valence-corrected chi connectivity index (χ3v) is 7.96. The fourth-order valence-corrected chi connectivity index (χ4v) is 6.05. The van der Waals surface area contributed by atoms with Crippen LogP contribution in [-0.4, -0.2) is 12.2 Å². The summed E-state index contributed by atoms with van der Waals surface area (Å²) >= 11 is 0. The van der Waals surface area contributed by atoms with Crippen LogP contribution in [0.1, 0.15) is 5.56 Å². The van der Waals surface area contributed by atoms with Crippen molar-refractivity contribution in [1.29, 1.82) is 0 Å². The normalized spacial score (nSPS) is 15.6. The van der Waals surface area contributed by atoms with E-state index in [4.69, 9.17) is 9.26 Å². The molecular weight excluding hydrogens is 433 g/mol. The fraction of sp³-hybridized carbons (Fsp3) is 0.0741. The van der Waals surface area contributed by atoms with E-state index in [1.54, 1.807) is 30.3 Å². The number of fused-ring (bicyclic) bond motifs is 1. The van der Waals surface area contributed by atoms with Crippen molar-refractivity contribution >= 4 is 29.6 Å². The van der Waals surface area contributed by atoms with Gasteiger partial charge in [-0.1, -0.05) is 78.9 Å². The molecule has 0 saturated carbocycles. The van der Waals surface area contributed by atoms with E-state index < -0.39 is 19.6 Å². The van der Waals surface area contributed by atoms with E-state index in [9.17, 15) is 9.36 Å².